The van der Waals surface area contributed by atoms with Crippen molar-refractivity contribution in [1.82, 2.24) is 4.90 Å². The van der Waals surface area contributed by atoms with Crippen LogP contribution in [0.5, 0.6) is 0 Å². The summed E-state index contributed by atoms with van der Waals surface area (Å²) in [6, 6.07) is 0. The van der Waals surface area contributed by atoms with Crippen LogP contribution in [0.2, 0.25) is 0 Å². The summed E-state index contributed by atoms with van der Waals surface area (Å²) in [6.07, 6.45) is 3.11. The molecule has 0 bridgehead atoms. The molecule has 0 saturated heterocycles. The number of carbonyl (C=O) groups excluding carboxylic acids is 1. The van der Waals surface area contributed by atoms with Gasteiger partial charge in [0.15, 0.2) is 0 Å². The van der Waals surface area contributed by atoms with E-state index in [1.165, 1.54) is 7.11 Å². The van der Waals surface area contributed by atoms with Gasteiger partial charge >= 0.3 is 5.97 Å². The summed E-state index contributed by atoms with van der Waals surface area (Å²) in [5.74, 6) is -0.0282. The van der Waals surface area contributed by atoms with Crippen molar-refractivity contribution in [2.45, 2.75) is 40.0 Å². The van der Waals surface area contributed by atoms with Gasteiger partial charge in [0.25, 0.3) is 0 Å². The average molecular weight is 227 g/mol. The third-order valence-corrected chi connectivity index (χ3v) is 3.25. The summed E-state index contributed by atoms with van der Waals surface area (Å²) in [5, 5.41) is 0. The number of esters is 1. The van der Waals surface area contributed by atoms with Crippen LogP contribution in [0.4, 0.5) is 0 Å². The highest BCUT2D eigenvalue weighted by Gasteiger charge is 2.46. The first-order valence-corrected chi connectivity index (χ1v) is 6.06. The maximum absolute atomic E-state index is 11.8. The number of hydrogen-bond donors (Lipinski definition) is 0. The molecule has 0 aliphatic heterocycles. The Bertz CT molecular complexity index is 251. The fourth-order valence-electron chi connectivity index (χ4n) is 2.63. The SMILES string of the molecule is COC(=O)C1(CN(C)CC(C)(C)C)CCC1. The molecule has 0 radical (unpaired) electrons. The molecule has 0 aromatic carbocycles. The Morgan fingerprint density at radius 3 is 2.25 bits per heavy atom. The van der Waals surface area contributed by atoms with Crippen molar-refractivity contribution in [3.63, 3.8) is 0 Å². The molecule has 16 heavy (non-hydrogen) atoms. The Kier molecular flexibility index (Phi) is 4.00. The maximum Gasteiger partial charge on any atom is 0.313 e. The van der Waals surface area contributed by atoms with Gasteiger partial charge in [-0.1, -0.05) is 27.2 Å². The van der Waals surface area contributed by atoms with E-state index in [9.17, 15) is 4.79 Å². The first-order valence-electron chi connectivity index (χ1n) is 6.06. The zero-order chi connectivity index (χ0) is 12.4. The van der Waals surface area contributed by atoms with Gasteiger partial charge in [0.1, 0.15) is 0 Å². The molecule has 94 valence electrons. The predicted octanol–water partition coefficient (Wildman–Crippen LogP) is 2.31. The van der Waals surface area contributed by atoms with E-state index in [1.54, 1.807) is 0 Å². The van der Waals surface area contributed by atoms with Gasteiger partial charge in [0.05, 0.1) is 12.5 Å². The molecule has 1 rings (SSSR count). The normalized spacial score (nSPS) is 19.4. The molecular weight excluding hydrogens is 202 g/mol. The highest BCUT2D eigenvalue weighted by molar-refractivity contribution is 5.78. The van der Waals surface area contributed by atoms with E-state index >= 15 is 0 Å². The zero-order valence-corrected chi connectivity index (χ0v) is 11.3. The first-order chi connectivity index (χ1) is 7.29. The van der Waals surface area contributed by atoms with Gasteiger partial charge in [0.2, 0.25) is 0 Å². The summed E-state index contributed by atoms with van der Waals surface area (Å²) in [5.41, 5.74) is 0.0601. The zero-order valence-electron chi connectivity index (χ0n) is 11.3. The first kappa shape index (κ1) is 13.5. The lowest BCUT2D eigenvalue weighted by atomic mass is 9.68. The van der Waals surface area contributed by atoms with Crippen LogP contribution in [0.15, 0.2) is 0 Å². The van der Waals surface area contributed by atoms with Crippen molar-refractivity contribution in [3.05, 3.63) is 0 Å². The topological polar surface area (TPSA) is 29.5 Å². The van der Waals surface area contributed by atoms with Crippen molar-refractivity contribution >= 4 is 5.97 Å². The number of ether oxygens (including phenoxy) is 1. The van der Waals surface area contributed by atoms with Crippen LogP contribution in [0.1, 0.15) is 40.0 Å². The minimum absolute atomic E-state index is 0.0282. The second-order valence-electron chi connectivity index (χ2n) is 6.36. The van der Waals surface area contributed by atoms with E-state index in [1.807, 2.05) is 0 Å². The highest BCUT2D eigenvalue weighted by atomic mass is 16.5. The van der Waals surface area contributed by atoms with Crippen molar-refractivity contribution in [2.24, 2.45) is 10.8 Å². The van der Waals surface area contributed by atoms with Crippen LogP contribution in [-0.2, 0) is 9.53 Å². The van der Waals surface area contributed by atoms with E-state index in [4.69, 9.17) is 4.74 Å². The number of nitrogens with zero attached hydrogens (tertiary/aromatic N) is 1. The largest absolute Gasteiger partial charge is 0.469 e. The van der Waals surface area contributed by atoms with Gasteiger partial charge < -0.3 is 9.64 Å². The van der Waals surface area contributed by atoms with Crippen LogP contribution in [-0.4, -0.2) is 38.1 Å². The van der Waals surface area contributed by atoms with Crippen LogP contribution < -0.4 is 0 Å². The Morgan fingerprint density at radius 1 is 1.38 bits per heavy atom. The van der Waals surface area contributed by atoms with E-state index in [-0.39, 0.29) is 16.8 Å². The van der Waals surface area contributed by atoms with Crippen molar-refractivity contribution in [2.75, 3.05) is 27.2 Å². The molecule has 1 fully saturated rings. The predicted molar refractivity (Wildman–Crippen MR) is 65.3 cm³/mol. The van der Waals surface area contributed by atoms with Crippen molar-refractivity contribution < 1.29 is 9.53 Å². The number of carbonyl (C=O) groups is 1. The summed E-state index contributed by atoms with van der Waals surface area (Å²) < 4.78 is 4.92. The standard InChI is InChI=1S/C13H25NO2/c1-12(2,3)9-14(4)10-13(7-6-8-13)11(15)16-5/h6-10H2,1-5H3. The van der Waals surface area contributed by atoms with Crippen LogP contribution >= 0.6 is 0 Å². The minimum atomic E-state index is -0.214. The molecule has 0 unspecified atom stereocenters. The van der Waals surface area contributed by atoms with E-state index in [0.717, 1.165) is 32.4 Å². The molecule has 0 atom stereocenters. The van der Waals surface area contributed by atoms with Gasteiger partial charge in [-0.2, -0.15) is 0 Å². The van der Waals surface area contributed by atoms with E-state index < -0.39 is 0 Å². The molecule has 1 aliphatic rings. The van der Waals surface area contributed by atoms with Gasteiger partial charge in [-0.15, -0.1) is 0 Å². The lowest BCUT2D eigenvalue weighted by Gasteiger charge is -2.42. The molecule has 0 spiro atoms. The molecule has 0 aromatic rings. The fraction of sp³-hybridized carbons (Fsp3) is 0.923. The Labute approximate surface area is 99.1 Å². The second kappa shape index (κ2) is 4.74. The third-order valence-electron chi connectivity index (χ3n) is 3.25. The maximum atomic E-state index is 11.8. The minimum Gasteiger partial charge on any atom is -0.469 e. The second-order valence-corrected chi connectivity index (χ2v) is 6.36. The van der Waals surface area contributed by atoms with E-state index in [0.29, 0.717) is 0 Å². The molecule has 0 aromatic heterocycles. The van der Waals surface area contributed by atoms with Gasteiger partial charge in [-0.05, 0) is 25.3 Å². The average Bonchev–Trinajstić information content (AvgIpc) is 2.07. The summed E-state index contributed by atoms with van der Waals surface area (Å²) in [6.45, 7) is 8.49. The molecule has 3 heteroatoms. The summed E-state index contributed by atoms with van der Waals surface area (Å²) >= 11 is 0. The molecule has 1 aliphatic carbocycles. The number of methoxy groups -OCH3 is 1. The molecule has 1 saturated carbocycles. The van der Waals surface area contributed by atoms with Crippen LogP contribution in [0.3, 0.4) is 0 Å². The lowest BCUT2D eigenvalue weighted by molar-refractivity contribution is -0.160. The van der Waals surface area contributed by atoms with Crippen LogP contribution in [0.25, 0.3) is 0 Å². The highest BCUT2D eigenvalue weighted by Crippen LogP contribution is 2.42. The molecule has 3 nitrogen and oxygen atoms in total. The number of rotatable bonds is 4. The van der Waals surface area contributed by atoms with Crippen LogP contribution in [0, 0.1) is 10.8 Å². The fourth-order valence-corrected chi connectivity index (χ4v) is 2.63. The van der Waals surface area contributed by atoms with Crippen molar-refractivity contribution in [1.29, 1.82) is 0 Å². The van der Waals surface area contributed by atoms with Gasteiger partial charge in [-0.25, -0.2) is 0 Å². The smallest absolute Gasteiger partial charge is 0.313 e. The number of hydrogen-bond acceptors (Lipinski definition) is 3. The van der Waals surface area contributed by atoms with Gasteiger partial charge in [-0.3, -0.25) is 4.79 Å². The molecular formula is C13H25NO2. The molecule has 0 heterocycles. The third kappa shape index (κ3) is 3.21. The van der Waals surface area contributed by atoms with Crippen molar-refractivity contribution in [3.8, 4) is 0 Å². The Balaban J connectivity index is 2.54. The monoisotopic (exact) mass is 227 g/mol. The quantitative estimate of drug-likeness (QED) is 0.690. The Morgan fingerprint density at radius 2 is 1.94 bits per heavy atom. The summed E-state index contributed by atoms with van der Waals surface area (Å²) in [4.78, 5) is 14.0. The Hall–Kier alpha value is -0.570. The summed E-state index contributed by atoms with van der Waals surface area (Å²) in [7, 11) is 3.58. The molecule has 0 N–H and O–H groups in total. The van der Waals surface area contributed by atoms with Gasteiger partial charge in [0, 0.05) is 13.1 Å². The molecule has 0 amide bonds. The lowest BCUT2D eigenvalue weighted by Crippen LogP contribution is -2.48. The van der Waals surface area contributed by atoms with E-state index in [2.05, 4.69) is 32.7 Å².